The molecule has 7 heteroatoms. The van der Waals surface area contributed by atoms with E-state index in [1.54, 1.807) is 6.92 Å². The van der Waals surface area contributed by atoms with Crippen LogP contribution in [0, 0.1) is 5.41 Å². The van der Waals surface area contributed by atoms with Crippen molar-refractivity contribution in [2.45, 2.75) is 18.6 Å². The van der Waals surface area contributed by atoms with E-state index < -0.39 is 11.2 Å². The van der Waals surface area contributed by atoms with Gasteiger partial charge in [-0.1, -0.05) is 18.7 Å². The number of thioether (sulfide) groups is 1. The Balaban J connectivity index is 4.18. The maximum atomic E-state index is 10.5. The van der Waals surface area contributed by atoms with Gasteiger partial charge in [-0.05, 0) is 6.42 Å². The summed E-state index contributed by atoms with van der Waals surface area (Å²) >= 11 is 0.817. The fraction of sp³-hybridized carbons (Fsp3) is 0.500. The number of amidine groups is 1. The molecule has 0 aromatic heterocycles. The Labute approximate surface area is 79.9 Å². The van der Waals surface area contributed by atoms with Gasteiger partial charge in [-0.3, -0.25) is 10.2 Å². The molecule has 0 fully saturated rings. The molecule has 0 heterocycles. The van der Waals surface area contributed by atoms with Crippen molar-refractivity contribution in [3.05, 3.63) is 0 Å². The van der Waals surface area contributed by atoms with Crippen LogP contribution in [-0.4, -0.2) is 27.5 Å². The van der Waals surface area contributed by atoms with Crippen molar-refractivity contribution in [3.63, 3.8) is 0 Å². The third-order valence-corrected chi connectivity index (χ3v) is 2.26. The van der Waals surface area contributed by atoms with Crippen molar-refractivity contribution >= 4 is 28.9 Å². The summed E-state index contributed by atoms with van der Waals surface area (Å²) < 4.78 is 0. The number of nitrogens with one attached hydrogen (secondary N) is 1. The van der Waals surface area contributed by atoms with Crippen LogP contribution in [0.15, 0.2) is 4.99 Å². The summed E-state index contributed by atoms with van der Waals surface area (Å²) in [6, 6.07) is 0. The van der Waals surface area contributed by atoms with Crippen LogP contribution in [0.2, 0.25) is 0 Å². The number of carboxylic acid groups (broad SMARTS) is 1. The van der Waals surface area contributed by atoms with Crippen molar-refractivity contribution < 1.29 is 9.90 Å². The fourth-order valence-corrected chi connectivity index (χ4v) is 1.28. The van der Waals surface area contributed by atoms with Gasteiger partial charge in [0, 0.05) is 0 Å². The maximum Gasteiger partial charge on any atom is 0.317 e. The summed E-state index contributed by atoms with van der Waals surface area (Å²) in [5.41, 5.74) is 10.0. The molecule has 0 bridgehead atoms. The van der Waals surface area contributed by atoms with Crippen LogP contribution >= 0.6 is 11.8 Å². The molecule has 0 aliphatic carbocycles. The molecular weight excluding hydrogens is 192 g/mol. The van der Waals surface area contributed by atoms with Crippen LogP contribution in [0.25, 0.3) is 0 Å². The number of carboxylic acids is 1. The molecule has 0 rings (SSSR count). The van der Waals surface area contributed by atoms with E-state index in [0.717, 1.165) is 11.8 Å². The van der Waals surface area contributed by atoms with E-state index in [4.69, 9.17) is 22.0 Å². The predicted molar refractivity (Wildman–Crippen MR) is 52.8 cm³/mol. The van der Waals surface area contributed by atoms with E-state index in [1.807, 2.05) is 0 Å². The Morgan fingerprint density at radius 1 is 1.69 bits per heavy atom. The molecule has 6 N–H and O–H groups in total. The summed E-state index contributed by atoms with van der Waals surface area (Å²) in [5.74, 6) is -1.21. The zero-order valence-corrected chi connectivity index (χ0v) is 7.97. The third-order valence-electron chi connectivity index (χ3n) is 1.13. The van der Waals surface area contributed by atoms with Crippen LogP contribution in [0.3, 0.4) is 0 Å². The number of nitrogens with two attached hydrogens (primary N) is 2. The average Bonchev–Trinajstić information content (AvgIpc) is 1.98. The SMILES string of the molecule is CCC(SC(=N)N=C(N)N)C(=O)O. The zero-order valence-electron chi connectivity index (χ0n) is 7.15. The van der Waals surface area contributed by atoms with Gasteiger partial charge in [0.25, 0.3) is 0 Å². The van der Waals surface area contributed by atoms with Gasteiger partial charge in [0.1, 0.15) is 5.25 Å². The minimum atomic E-state index is -0.969. The van der Waals surface area contributed by atoms with Gasteiger partial charge >= 0.3 is 5.97 Å². The molecule has 13 heavy (non-hydrogen) atoms. The van der Waals surface area contributed by atoms with Gasteiger partial charge in [-0.2, -0.15) is 4.99 Å². The van der Waals surface area contributed by atoms with Crippen molar-refractivity contribution in [1.82, 2.24) is 0 Å². The number of hydrogen-bond donors (Lipinski definition) is 4. The smallest absolute Gasteiger partial charge is 0.317 e. The molecule has 6 nitrogen and oxygen atoms in total. The van der Waals surface area contributed by atoms with Gasteiger partial charge in [0.15, 0.2) is 11.1 Å². The Kier molecular flexibility index (Phi) is 4.90. The van der Waals surface area contributed by atoms with Crippen LogP contribution in [0.5, 0.6) is 0 Å². The highest BCUT2D eigenvalue weighted by Gasteiger charge is 2.17. The monoisotopic (exact) mass is 204 g/mol. The van der Waals surface area contributed by atoms with Gasteiger partial charge in [0.05, 0.1) is 0 Å². The first kappa shape index (κ1) is 11.8. The predicted octanol–water partition coefficient (Wildman–Crippen LogP) is -0.209. The van der Waals surface area contributed by atoms with E-state index in [1.165, 1.54) is 0 Å². The lowest BCUT2D eigenvalue weighted by Gasteiger charge is -2.06. The molecule has 1 unspecified atom stereocenters. The molecule has 0 aromatic carbocycles. The molecule has 0 aromatic rings. The van der Waals surface area contributed by atoms with Crippen molar-refractivity contribution in [1.29, 1.82) is 5.41 Å². The minimum Gasteiger partial charge on any atom is -0.480 e. The highest BCUT2D eigenvalue weighted by Crippen LogP contribution is 2.16. The van der Waals surface area contributed by atoms with Gasteiger partial charge in [-0.15, -0.1) is 0 Å². The molecule has 0 aliphatic heterocycles. The fourth-order valence-electron chi connectivity index (χ4n) is 0.587. The van der Waals surface area contributed by atoms with Crippen molar-refractivity contribution in [3.8, 4) is 0 Å². The van der Waals surface area contributed by atoms with Gasteiger partial charge in [-0.25, -0.2) is 0 Å². The number of nitrogens with zero attached hydrogens (tertiary/aromatic N) is 1. The maximum absolute atomic E-state index is 10.5. The normalized spacial score (nSPS) is 11.8. The summed E-state index contributed by atoms with van der Waals surface area (Å²) in [6.07, 6.45) is 0.419. The van der Waals surface area contributed by atoms with E-state index in [2.05, 4.69) is 4.99 Å². The number of guanidine groups is 1. The number of aliphatic imine (C=N–C) groups is 1. The summed E-state index contributed by atoms with van der Waals surface area (Å²) in [5, 5.41) is 15.0. The quantitative estimate of drug-likeness (QED) is 0.374. The number of aliphatic carboxylic acids is 1. The zero-order chi connectivity index (χ0) is 10.4. The Bertz CT molecular complexity index is 237. The number of carbonyl (C=O) groups is 1. The molecule has 0 radical (unpaired) electrons. The minimum absolute atomic E-state index is 0.186. The first-order valence-electron chi connectivity index (χ1n) is 3.55. The standard InChI is InChI=1S/C6H12N4O2S/c1-2-3(4(11)12)13-6(9)10-5(7)8/h3H,2H2,1H3,(H,11,12)(H5,7,8,9,10). The first-order valence-corrected chi connectivity index (χ1v) is 4.43. The van der Waals surface area contributed by atoms with Gasteiger partial charge < -0.3 is 16.6 Å². The first-order chi connectivity index (χ1) is 5.97. The van der Waals surface area contributed by atoms with Crippen molar-refractivity contribution in [2.24, 2.45) is 16.5 Å². The van der Waals surface area contributed by atoms with Crippen LogP contribution < -0.4 is 11.5 Å². The molecule has 0 saturated heterocycles. The Hall–Kier alpha value is -1.24. The second-order valence-corrected chi connectivity index (χ2v) is 3.39. The van der Waals surface area contributed by atoms with E-state index in [9.17, 15) is 4.79 Å². The van der Waals surface area contributed by atoms with Crippen LogP contribution in [0.4, 0.5) is 0 Å². The number of rotatable bonds is 3. The molecule has 0 amide bonds. The average molecular weight is 204 g/mol. The highest BCUT2D eigenvalue weighted by molar-refractivity contribution is 8.14. The highest BCUT2D eigenvalue weighted by atomic mass is 32.2. The second kappa shape index (κ2) is 5.41. The van der Waals surface area contributed by atoms with Crippen molar-refractivity contribution in [2.75, 3.05) is 0 Å². The van der Waals surface area contributed by atoms with E-state index >= 15 is 0 Å². The second-order valence-electron chi connectivity index (χ2n) is 2.19. The van der Waals surface area contributed by atoms with Gasteiger partial charge in [0.2, 0.25) is 0 Å². The molecule has 0 saturated carbocycles. The summed E-state index contributed by atoms with van der Waals surface area (Å²) in [7, 11) is 0. The molecule has 1 atom stereocenters. The summed E-state index contributed by atoms with van der Waals surface area (Å²) in [6.45, 7) is 1.72. The van der Waals surface area contributed by atoms with Crippen LogP contribution in [0.1, 0.15) is 13.3 Å². The lowest BCUT2D eigenvalue weighted by molar-refractivity contribution is -0.136. The largest absolute Gasteiger partial charge is 0.480 e. The Morgan fingerprint density at radius 2 is 2.23 bits per heavy atom. The molecule has 0 aliphatic rings. The molecule has 74 valence electrons. The molecule has 0 spiro atoms. The van der Waals surface area contributed by atoms with E-state index in [-0.39, 0.29) is 11.1 Å². The third kappa shape index (κ3) is 5.07. The van der Waals surface area contributed by atoms with Crippen LogP contribution in [-0.2, 0) is 4.79 Å². The topological polar surface area (TPSA) is 126 Å². The lowest BCUT2D eigenvalue weighted by Crippen LogP contribution is -2.24. The number of hydrogen-bond acceptors (Lipinski definition) is 3. The Morgan fingerprint density at radius 3 is 2.54 bits per heavy atom. The lowest BCUT2D eigenvalue weighted by atomic mass is 10.3. The molecular formula is C6H12N4O2S. The summed E-state index contributed by atoms with van der Waals surface area (Å²) in [4.78, 5) is 13.9. The van der Waals surface area contributed by atoms with E-state index in [0.29, 0.717) is 6.42 Å².